The molecule has 4 aromatic rings. The van der Waals surface area contributed by atoms with Gasteiger partial charge in [-0.05, 0) is 68.8 Å². The van der Waals surface area contributed by atoms with Crippen LogP contribution >= 0.6 is 10.0 Å². The van der Waals surface area contributed by atoms with Crippen molar-refractivity contribution in [2.24, 2.45) is 0 Å². The van der Waals surface area contributed by atoms with Crippen molar-refractivity contribution in [2.45, 2.75) is 25.3 Å². The Morgan fingerprint density at radius 2 is 0.867 bits per heavy atom. The molecule has 0 atom stereocenters. The van der Waals surface area contributed by atoms with Gasteiger partial charge in [0.05, 0.1) is 4.90 Å². The van der Waals surface area contributed by atoms with Gasteiger partial charge in [-0.2, -0.15) is 10.0 Å². The first kappa shape index (κ1) is 20.4. The summed E-state index contributed by atoms with van der Waals surface area (Å²) >= 11 is 0. The van der Waals surface area contributed by atoms with Crippen LogP contribution in [0.15, 0.2) is 135 Å². The fourth-order valence-electron chi connectivity index (χ4n) is 3.62. The average molecular weight is 434 g/mol. The van der Waals surface area contributed by atoms with Crippen LogP contribution in [0.4, 0.5) is 0 Å². The van der Waals surface area contributed by atoms with E-state index in [-0.39, 0.29) is 4.90 Å². The Labute approximate surface area is 179 Å². The summed E-state index contributed by atoms with van der Waals surface area (Å²) in [5.74, 6) is 0.699. The molecule has 0 heterocycles. The van der Waals surface area contributed by atoms with Crippen LogP contribution in [0.25, 0.3) is 0 Å². The Bertz CT molecular complexity index is 1110. The van der Waals surface area contributed by atoms with Crippen molar-refractivity contribution in [3.05, 3.63) is 121 Å². The van der Waals surface area contributed by atoms with Crippen molar-refractivity contribution < 1.29 is 13.0 Å². The maximum absolute atomic E-state index is 11.3. The van der Waals surface area contributed by atoms with Crippen molar-refractivity contribution in [1.29, 1.82) is 0 Å². The van der Waals surface area contributed by atoms with E-state index in [1.165, 1.54) is 26.8 Å². The zero-order valence-electron chi connectivity index (χ0n) is 16.2. The third-order valence-corrected chi connectivity index (χ3v) is 9.88. The first-order valence-electron chi connectivity index (χ1n) is 9.51. The van der Waals surface area contributed by atoms with Gasteiger partial charge < -0.3 is 4.55 Å². The van der Waals surface area contributed by atoms with Gasteiger partial charge in [0, 0.05) is 5.75 Å². The topological polar surface area (TPSA) is 57.2 Å². The second-order valence-corrected chi connectivity index (χ2v) is 11.5. The molecule has 0 unspecified atom stereocenters. The molecule has 0 N–H and O–H groups in total. The van der Waals surface area contributed by atoms with Gasteiger partial charge in [0.1, 0.15) is 10.1 Å². The third-order valence-electron chi connectivity index (χ3n) is 5.03. The lowest BCUT2D eigenvalue weighted by atomic mass is 10.2. The van der Waals surface area contributed by atoms with Gasteiger partial charge in [0.2, 0.25) is 0 Å². The molecule has 0 aliphatic carbocycles. The standard InChI is InChI=1S/C25H22O3S2/c26-30(27,28)25-18-16-21(17-19-25)20-29(22-10-4-1-5-11-22,23-12-6-2-7-13-23)24-14-8-3-9-15-24/h1-19H,20H2,(H,26,27,28)/p-1. The van der Waals surface area contributed by atoms with Crippen molar-refractivity contribution >= 4 is 20.1 Å². The highest BCUT2D eigenvalue weighted by Gasteiger charge is 2.31. The van der Waals surface area contributed by atoms with Gasteiger partial charge >= 0.3 is 0 Å². The fraction of sp³-hybridized carbons (Fsp3) is 0.0400. The van der Waals surface area contributed by atoms with Crippen molar-refractivity contribution in [1.82, 2.24) is 0 Å². The van der Waals surface area contributed by atoms with Gasteiger partial charge in [-0.15, -0.1) is 0 Å². The molecule has 30 heavy (non-hydrogen) atoms. The molecule has 0 saturated heterocycles. The summed E-state index contributed by atoms with van der Waals surface area (Å²) in [7, 11) is -6.12. The summed E-state index contributed by atoms with van der Waals surface area (Å²) < 4.78 is 34.0. The quantitative estimate of drug-likeness (QED) is 0.347. The first-order chi connectivity index (χ1) is 14.5. The minimum atomic E-state index is -4.46. The van der Waals surface area contributed by atoms with Gasteiger partial charge in [-0.1, -0.05) is 66.7 Å². The van der Waals surface area contributed by atoms with E-state index in [9.17, 15) is 13.0 Å². The van der Waals surface area contributed by atoms with Crippen molar-refractivity contribution in [3.8, 4) is 0 Å². The molecule has 0 aromatic heterocycles. The highest BCUT2D eigenvalue weighted by molar-refractivity contribution is 8.33. The number of hydrogen-bond donors (Lipinski definition) is 0. The van der Waals surface area contributed by atoms with Crippen LogP contribution in [0.5, 0.6) is 0 Å². The van der Waals surface area contributed by atoms with Crippen LogP contribution < -0.4 is 0 Å². The predicted octanol–water partition coefficient (Wildman–Crippen LogP) is 6.07. The Balaban J connectivity index is 1.93. The minimum absolute atomic E-state index is 0.203. The molecule has 5 heteroatoms. The van der Waals surface area contributed by atoms with Gasteiger partial charge in [0.25, 0.3) is 0 Å². The Kier molecular flexibility index (Phi) is 5.77. The molecule has 4 rings (SSSR count). The molecule has 4 aromatic carbocycles. The Morgan fingerprint density at radius 3 is 1.20 bits per heavy atom. The monoisotopic (exact) mass is 433 g/mol. The van der Waals surface area contributed by atoms with Crippen LogP contribution in [0.3, 0.4) is 0 Å². The molecule has 0 aliphatic heterocycles. The maximum Gasteiger partial charge on any atom is 0.124 e. The van der Waals surface area contributed by atoms with E-state index < -0.39 is 20.1 Å². The van der Waals surface area contributed by atoms with Crippen LogP contribution in [-0.2, 0) is 15.9 Å². The van der Waals surface area contributed by atoms with Crippen LogP contribution in [0, 0.1) is 0 Å². The van der Waals surface area contributed by atoms with Crippen molar-refractivity contribution in [2.75, 3.05) is 0 Å². The Hall–Kier alpha value is -2.86. The van der Waals surface area contributed by atoms with Gasteiger partial charge in [-0.3, -0.25) is 0 Å². The molecular formula is C25H21O3S2-. The normalized spacial score (nSPS) is 12.4. The zero-order chi connectivity index (χ0) is 21.0. The molecule has 0 aliphatic rings. The molecule has 3 nitrogen and oxygen atoms in total. The Morgan fingerprint density at radius 1 is 0.500 bits per heavy atom. The lowest BCUT2D eigenvalue weighted by Gasteiger charge is -2.42. The van der Waals surface area contributed by atoms with Crippen LogP contribution in [0.1, 0.15) is 5.56 Å². The molecule has 0 amide bonds. The fourth-order valence-corrected chi connectivity index (χ4v) is 7.96. The second-order valence-electron chi connectivity index (χ2n) is 6.92. The molecule has 0 fully saturated rings. The van der Waals surface area contributed by atoms with E-state index in [0.29, 0.717) is 5.75 Å². The third kappa shape index (κ3) is 4.05. The molecule has 0 spiro atoms. The number of benzene rings is 4. The molecule has 152 valence electrons. The summed E-state index contributed by atoms with van der Waals surface area (Å²) in [5, 5.41) is 0. The lowest BCUT2D eigenvalue weighted by molar-refractivity contribution is 0.463. The highest BCUT2D eigenvalue weighted by atomic mass is 32.3. The lowest BCUT2D eigenvalue weighted by Crippen LogP contribution is -2.07. The summed E-state index contributed by atoms with van der Waals surface area (Å²) in [6.45, 7) is 0. The van der Waals surface area contributed by atoms with E-state index >= 15 is 0 Å². The smallest absolute Gasteiger partial charge is 0.124 e. The molecular weight excluding hydrogens is 412 g/mol. The largest absolute Gasteiger partial charge is 0.744 e. The summed E-state index contributed by atoms with van der Waals surface area (Å²) in [6.07, 6.45) is 0. The summed E-state index contributed by atoms with van der Waals surface area (Å²) in [4.78, 5) is 3.47. The van der Waals surface area contributed by atoms with E-state index in [2.05, 4.69) is 72.8 Å². The van der Waals surface area contributed by atoms with Crippen LogP contribution in [-0.4, -0.2) is 13.0 Å². The van der Waals surface area contributed by atoms with Gasteiger partial charge in [-0.25, -0.2) is 8.42 Å². The van der Waals surface area contributed by atoms with E-state index in [1.54, 1.807) is 12.1 Å². The van der Waals surface area contributed by atoms with Crippen LogP contribution in [0.2, 0.25) is 0 Å². The number of rotatable bonds is 6. The maximum atomic E-state index is 11.3. The van der Waals surface area contributed by atoms with E-state index in [0.717, 1.165) is 5.56 Å². The van der Waals surface area contributed by atoms with E-state index in [1.807, 2.05) is 18.2 Å². The minimum Gasteiger partial charge on any atom is -0.744 e. The van der Waals surface area contributed by atoms with Gasteiger partial charge in [0.15, 0.2) is 0 Å². The molecule has 0 radical (unpaired) electrons. The second kappa shape index (κ2) is 8.48. The number of hydrogen-bond acceptors (Lipinski definition) is 3. The zero-order valence-corrected chi connectivity index (χ0v) is 17.9. The molecule has 0 bridgehead atoms. The first-order valence-corrected chi connectivity index (χ1v) is 12.7. The highest BCUT2D eigenvalue weighted by Crippen LogP contribution is 2.70. The SMILES string of the molecule is O=S(=O)([O-])c1ccc(CS(c2ccccc2)(c2ccccc2)c2ccccc2)cc1. The average Bonchev–Trinajstić information content (AvgIpc) is 2.79. The summed E-state index contributed by atoms with van der Waals surface area (Å²) in [5.41, 5.74) is 0.981. The van der Waals surface area contributed by atoms with Crippen molar-refractivity contribution in [3.63, 3.8) is 0 Å². The predicted molar refractivity (Wildman–Crippen MR) is 120 cm³/mol. The molecule has 0 saturated carbocycles. The summed E-state index contributed by atoms with van der Waals surface area (Å²) in [6, 6.07) is 37.6. The van der Waals surface area contributed by atoms with E-state index in [4.69, 9.17) is 0 Å².